The van der Waals surface area contributed by atoms with Gasteiger partial charge in [-0.1, -0.05) is 170 Å². The molecule has 8 aromatic carbocycles. The highest BCUT2D eigenvalue weighted by Gasteiger charge is 2.49. The second-order valence-corrected chi connectivity index (χ2v) is 16.3. The molecule has 0 fully saturated rings. The van der Waals surface area contributed by atoms with Crippen LogP contribution in [-0.2, 0) is 17.6 Å². The van der Waals surface area contributed by atoms with Crippen LogP contribution in [-0.4, -0.2) is 0 Å². The molecule has 8 aromatic rings. The molecule has 51 heavy (non-hydrogen) atoms. The van der Waals surface area contributed by atoms with E-state index in [4.69, 9.17) is 0 Å². The van der Waals surface area contributed by atoms with Gasteiger partial charge in [0.15, 0.2) is 0 Å². The maximum Gasteiger partial charge on any atom is 0.0513 e. The number of rotatable bonds is 3. The first-order valence-corrected chi connectivity index (χ1v) is 19.9. The van der Waals surface area contributed by atoms with Crippen molar-refractivity contribution in [1.29, 1.82) is 0 Å². The van der Waals surface area contributed by atoms with Gasteiger partial charge in [0.2, 0.25) is 0 Å². The molecule has 10 rings (SSSR count). The second-order valence-electron chi connectivity index (χ2n) is 13.2. The van der Waals surface area contributed by atoms with Gasteiger partial charge in [-0.2, -0.15) is 0 Å². The maximum atomic E-state index is 3.00. The minimum atomic E-state index is -0.979. The zero-order valence-corrected chi connectivity index (χ0v) is 30.1. The molecule has 1 aliphatic carbocycles. The summed E-state index contributed by atoms with van der Waals surface area (Å²) in [5, 5.41) is 9.55. The summed E-state index contributed by atoms with van der Waals surface area (Å²) in [6.45, 7) is 6.00. The molecule has 0 bridgehead atoms. The first-order valence-electron chi connectivity index (χ1n) is 17.6. The third-order valence-corrected chi connectivity index (χ3v) is 14.5. The Balaban J connectivity index is 0.00000171. The standard InChI is InChI=1S/C47H33PS.C2H4/c1-5-20-36-32(14-1)18-11-26-42(36)48(43-27-12-19-33-15-2-6-21-37(33)43)44-28-13-23-39-38-22-7-9-25-41(38)47(46(39)44)30-34-16-4-10-29-45(34)49-31-35-17-3-8-24-40(35)47;1-2/h1-29H,30-31H2;1-2H2. The van der Waals surface area contributed by atoms with Crippen LogP contribution in [0.1, 0.15) is 27.8 Å². The van der Waals surface area contributed by atoms with E-state index in [0.29, 0.717) is 0 Å². The SMILES string of the molecule is C=C.c1ccc2c(c1)CC1(c3ccccc3CS2)c2ccccc2-c2cccc(P(c3cccc4ccccc34)c3cccc4ccccc34)c21. The molecular weight excluding hydrogens is 652 g/mol. The summed E-state index contributed by atoms with van der Waals surface area (Å²) in [5.74, 6) is 0.954. The molecule has 0 saturated carbocycles. The van der Waals surface area contributed by atoms with Crippen molar-refractivity contribution >= 4 is 57.1 Å². The highest BCUT2D eigenvalue weighted by molar-refractivity contribution is 7.98. The monoisotopic (exact) mass is 688 g/mol. The van der Waals surface area contributed by atoms with Gasteiger partial charge in [-0.15, -0.1) is 24.9 Å². The number of hydrogen-bond donors (Lipinski definition) is 0. The molecule has 0 aromatic heterocycles. The fourth-order valence-electron chi connectivity index (χ4n) is 8.67. The minimum Gasteiger partial charge on any atom is -0.121 e. The van der Waals surface area contributed by atoms with Crippen molar-refractivity contribution in [2.75, 3.05) is 0 Å². The van der Waals surface area contributed by atoms with Gasteiger partial charge in [0.1, 0.15) is 0 Å². The molecule has 1 spiro atoms. The van der Waals surface area contributed by atoms with Crippen LogP contribution in [0, 0.1) is 0 Å². The van der Waals surface area contributed by atoms with Gasteiger partial charge in [0.05, 0.1) is 5.41 Å². The fraction of sp³-hybridized carbons (Fsp3) is 0.0612. The summed E-state index contributed by atoms with van der Waals surface area (Å²) in [6.07, 6.45) is 0.919. The predicted molar refractivity (Wildman–Crippen MR) is 223 cm³/mol. The average molecular weight is 689 g/mol. The molecule has 2 aliphatic rings. The molecule has 1 atom stereocenters. The van der Waals surface area contributed by atoms with Crippen LogP contribution in [0.3, 0.4) is 0 Å². The zero-order chi connectivity index (χ0) is 34.4. The van der Waals surface area contributed by atoms with Crippen molar-refractivity contribution in [3.63, 3.8) is 0 Å². The lowest BCUT2D eigenvalue weighted by atomic mass is 9.67. The molecule has 2 heteroatoms. The maximum absolute atomic E-state index is 3.00. The van der Waals surface area contributed by atoms with Crippen LogP contribution >= 0.6 is 19.7 Å². The van der Waals surface area contributed by atoms with Crippen molar-refractivity contribution < 1.29 is 0 Å². The van der Waals surface area contributed by atoms with Gasteiger partial charge in [-0.25, -0.2) is 0 Å². The quantitative estimate of drug-likeness (QED) is 0.132. The lowest BCUT2D eigenvalue weighted by Crippen LogP contribution is -2.37. The third-order valence-electron chi connectivity index (χ3n) is 10.7. The lowest BCUT2D eigenvalue weighted by Gasteiger charge is -2.39. The van der Waals surface area contributed by atoms with Crippen molar-refractivity contribution in [3.8, 4) is 11.1 Å². The number of benzene rings is 8. The van der Waals surface area contributed by atoms with Gasteiger partial charge in [-0.05, 0) is 96.8 Å². The molecule has 244 valence electrons. The number of thioether (sulfide) groups is 1. The zero-order valence-electron chi connectivity index (χ0n) is 28.4. The van der Waals surface area contributed by atoms with Gasteiger partial charge in [-0.3, -0.25) is 0 Å². The van der Waals surface area contributed by atoms with Crippen molar-refractivity contribution in [2.24, 2.45) is 0 Å². The van der Waals surface area contributed by atoms with E-state index >= 15 is 0 Å². The van der Waals surface area contributed by atoms with Crippen molar-refractivity contribution in [1.82, 2.24) is 0 Å². The Morgan fingerprint density at radius 2 is 0.961 bits per heavy atom. The van der Waals surface area contributed by atoms with Gasteiger partial charge < -0.3 is 0 Å². The molecule has 0 saturated heterocycles. The lowest BCUT2D eigenvalue weighted by molar-refractivity contribution is 0.620. The normalized spacial score (nSPS) is 15.6. The Labute approximate surface area is 306 Å². The first-order chi connectivity index (χ1) is 25.3. The molecule has 1 aliphatic heterocycles. The third kappa shape index (κ3) is 5.02. The van der Waals surface area contributed by atoms with Crippen LogP contribution in [0.25, 0.3) is 32.7 Å². The van der Waals surface area contributed by atoms with E-state index in [1.165, 1.54) is 81.3 Å². The van der Waals surface area contributed by atoms with Gasteiger partial charge >= 0.3 is 0 Å². The summed E-state index contributed by atoms with van der Waals surface area (Å²) in [6, 6.07) is 66.7. The topological polar surface area (TPSA) is 0 Å². The van der Waals surface area contributed by atoms with E-state index in [1.54, 1.807) is 0 Å². The Kier molecular flexibility index (Phi) is 8.20. The summed E-state index contributed by atoms with van der Waals surface area (Å²) < 4.78 is 0. The van der Waals surface area contributed by atoms with E-state index in [1.807, 2.05) is 11.8 Å². The second kappa shape index (κ2) is 13.2. The molecule has 0 N–H and O–H groups in total. The summed E-state index contributed by atoms with van der Waals surface area (Å²) in [5.41, 5.74) is 9.62. The van der Waals surface area contributed by atoms with E-state index in [9.17, 15) is 0 Å². The Hall–Kier alpha value is -5.20. The summed E-state index contributed by atoms with van der Waals surface area (Å²) in [4.78, 5) is 1.39. The van der Waals surface area contributed by atoms with Crippen LogP contribution in [0.15, 0.2) is 194 Å². The highest BCUT2D eigenvalue weighted by Crippen LogP contribution is 2.58. The van der Waals surface area contributed by atoms with Gasteiger partial charge in [0, 0.05) is 10.6 Å². The Morgan fingerprint density at radius 1 is 0.451 bits per heavy atom. The Morgan fingerprint density at radius 3 is 1.69 bits per heavy atom. The average Bonchev–Trinajstić information content (AvgIpc) is 3.49. The Bertz CT molecular complexity index is 2490. The van der Waals surface area contributed by atoms with Crippen LogP contribution in [0.4, 0.5) is 0 Å². The summed E-state index contributed by atoms with van der Waals surface area (Å²) in [7, 11) is -0.979. The van der Waals surface area contributed by atoms with Crippen LogP contribution in [0.5, 0.6) is 0 Å². The molecule has 0 amide bonds. The van der Waals surface area contributed by atoms with E-state index < -0.39 is 7.92 Å². The molecule has 0 nitrogen and oxygen atoms in total. The molecule has 1 heterocycles. The minimum absolute atomic E-state index is 0.341. The van der Waals surface area contributed by atoms with Gasteiger partial charge in [0.25, 0.3) is 0 Å². The van der Waals surface area contributed by atoms with E-state index in [-0.39, 0.29) is 5.41 Å². The smallest absolute Gasteiger partial charge is 0.0513 e. The van der Waals surface area contributed by atoms with E-state index in [2.05, 4.69) is 189 Å². The summed E-state index contributed by atoms with van der Waals surface area (Å²) >= 11 is 1.98. The number of hydrogen-bond acceptors (Lipinski definition) is 1. The van der Waals surface area contributed by atoms with Crippen molar-refractivity contribution in [3.05, 3.63) is 217 Å². The highest BCUT2D eigenvalue weighted by atomic mass is 32.2. The van der Waals surface area contributed by atoms with Crippen LogP contribution in [0.2, 0.25) is 0 Å². The predicted octanol–water partition coefficient (Wildman–Crippen LogP) is 11.7. The largest absolute Gasteiger partial charge is 0.121 e. The van der Waals surface area contributed by atoms with E-state index in [0.717, 1.165) is 12.2 Å². The fourth-order valence-corrected chi connectivity index (χ4v) is 12.6. The molecular formula is C49H37PS. The molecule has 0 radical (unpaired) electrons. The number of fused-ring (bicyclic) bond motifs is 10. The first kappa shape index (κ1) is 31.8. The van der Waals surface area contributed by atoms with Crippen molar-refractivity contribution in [2.45, 2.75) is 22.5 Å². The molecule has 1 unspecified atom stereocenters. The van der Waals surface area contributed by atoms with Crippen LogP contribution < -0.4 is 15.9 Å².